The Morgan fingerprint density at radius 3 is 2.25 bits per heavy atom. The second kappa shape index (κ2) is 4.33. The number of aliphatic hydroxyl groups is 1. The zero-order valence-electron chi connectivity index (χ0n) is 8.51. The van der Waals surface area contributed by atoms with Crippen molar-refractivity contribution in [2.75, 3.05) is 5.32 Å². The monoisotopic (exact) mass is 231 g/mol. The highest BCUT2D eigenvalue weighted by atomic mass is 19.1. The molecule has 0 aromatic heterocycles. The predicted molar refractivity (Wildman–Crippen MR) is 53.6 cm³/mol. The first-order chi connectivity index (χ1) is 7.58. The summed E-state index contributed by atoms with van der Waals surface area (Å²) in [7, 11) is 0. The molecule has 2 atom stereocenters. The van der Waals surface area contributed by atoms with Crippen LogP contribution in [0.25, 0.3) is 0 Å². The zero-order valence-corrected chi connectivity index (χ0v) is 8.51. The van der Waals surface area contributed by atoms with Gasteiger partial charge in [0.1, 0.15) is 11.5 Å². The molecule has 0 bridgehead atoms. The van der Waals surface area contributed by atoms with E-state index in [0.717, 1.165) is 6.42 Å². The van der Waals surface area contributed by atoms with Gasteiger partial charge in [-0.1, -0.05) is 0 Å². The number of benzene rings is 1. The lowest BCUT2D eigenvalue weighted by Crippen LogP contribution is -2.28. The van der Waals surface area contributed by atoms with Crippen molar-refractivity contribution in [2.24, 2.45) is 0 Å². The van der Waals surface area contributed by atoms with Crippen molar-refractivity contribution < 1.29 is 18.3 Å². The van der Waals surface area contributed by atoms with E-state index in [2.05, 4.69) is 5.32 Å². The Kier molecular flexibility index (Phi) is 3.05. The molecule has 0 saturated heterocycles. The molecule has 0 amide bonds. The van der Waals surface area contributed by atoms with Crippen LogP contribution in [0, 0.1) is 17.5 Å². The second-order valence-electron chi connectivity index (χ2n) is 3.99. The van der Waals surface area contributed by atoms with Gasteiger partial charge >= 0.3 is 0 Å². The van der Waals surface area contributed by atoms with E-state index >= 15 is 0 Å². The third-order valence-corrected chi connectivity index (χ3v) is 2.82. The van der Waals surface area contributed by atoms with Crippen LogP contribution >= 0.6 is 0 Å². The van der Waals surface area contributed by atoms with Gasteiger partial charge in [0.2, 0.25) is 0 Å². The molecular formula is C11H12F3NO. The van der Waals surface area contributed by atoms with Gasteiger partial charge in [-0.2, -0.15) is 0 Å². The van der Waals surface area contributed by atoms with Crippen LogP contribution in [0.4, 0.5) is 18.9 Å². The molecule has 1 fully saturated rings. The molecule has 1 aromatic rings. The number of aliphatic hydroxyl groups excluding tert-OH is 1. The Morgan fingerprint density at radius 1 is 1.12 bits per heavy atom. The molecule has 88 valence electrons. The topological polar surface area (TPSA) is 32.3 Å². The molecule has 2 rings (SSSR count). The maximum absolute atomic E-state index is 13.3. The number of nitrogens with one attached hydrogen (secondary N) is 1. The summed E-state index contributed by atoms with van der Waals surface area (Å²) >= 11 is 0. The Hall–Kier alpha value is -1.23. The summed E-state index contributed by atoms with van der Waals surface area (Å²) in [6.45, 7) is 0. The highest BCUT2D eigenvalue weighted by Crippen LogP contribution is 2.26. The first-order valence-corrected chi connectivity index (χ1v) is 5.17. The maximum Gasteiger partial charge on any atom is 0.152 e. The van der Waals surface area contributed by atoms with Gasteiger partial charge in [-0.3, -0.25) is 0 Å². The molecule has 2 nitrogen and oxygen atoms in total. The molecule has 0 unspecified atom stereocenters. The summed E-state index contributed by atoms with van der Waals surface area (Å²) in [5.74, 6) is -2.90. The van der Waals surface area contributed by atoms with Crippen LogP contribution in [0.2, 0.25) is 0 Å². The number of hydrogen-bond donors (Lipinski definition) is 2. The summed E-state index contributed by atoms with van der Waals surface area (Å²) in [4.78, 5) is 0. The first kappa shape index (κ1) is 11.3. The van der Waals surface area contributed by atoms with E-state index in [1.165, 1.54) is 0 Å². The van der Waals surface area contributed by atoms with E-state index in [4.69, 9.17) is 0 Å². The quantitative estimate of drug-likeness (QED) is 0.819. The smallest absolute Gasteiger partial charge is 0.152 e. The molecule has 1 aromatic carbocycles. The predicted octanol–water partition coefficient (Wildman–Crippen LogP) is 2.43. The van der Waals surface area contributed by atoms with Crippen LogP contribution in [-0.4, -0.2) is 17.3 Å². The molecule has 2 N–H and O–H groups in total. The Bertz CT molecular complexity index is 374. The molecule has 0 radical (unpaired) electrons. The van der Waals surface area contributed by atoms with Crippen LogP contribution in [0.5, 0.6) is 0 Å². The minimum absolute atomic E-state index is 0.366. The summed E-state index contributed by atoms with van der Waals surface area (Å²) in [5, 5.41) is 12.1. The minimum atomic E-state index is -0.975. The third kappa shape index (κ3) is 2.14. The van der Waals surface area contributed by atoms with Gasteiger partial charge in [0.15, 0.2) is 11.6 Å². The first-order valence-electron chi connectivity index (χ1n) is 5.17. The fourth-order valence-corrected chi connectivity index (χ4v) is 1.97. The van der Waals surface area contributed by atoms with Crippen molar-refractivity contribution in [1.82, 2.24) is 0 Å². The largest absolute Gasteiger partial charge is 0.391 e. The highest BCUT2D eigenvalue weighted by Gasteiger charge is 2.26. The standard InChI is InChI=1S/C11H12F3NO/c12-6-4-7(13)11(8(14)5-6)15-9-2-1-3-10(9)16/h4-5,9-10,15-16H,1-3H2/t9-,10-/m1/s1. The van der Waals surface area contributed by atoms with E-state index in [9.17, 15) is 18.3 Å². The average molecular weight is 231 g/mol. The van der Waals surface area contributed by atoms with E-state index in [0.29, 0.717) is 25.0 Å². The molecule has 1 aliphatic carbocycles. The van der Waals surface area contributed by atoms with Gasteiger partial charge in [0.25, 0.3) is 0 Å². The van der Waals surface area contributed by atoms with Crippen molar-refractivity contribution in [3.8, 4) is 0 Å². The normalized spacial score (nSPS) is 24.8. The van der Waals surface area contributed by atoms with E-state index in [1.807, 2.05) is 0 Å². The van der Waals surface area contributed by atoms with Crippen LogP contribution in [0.15, 0.2) is 12.1 Å². The number of rotatable bonds is 2. The number of anilines is 1. The van der Waals surface area contributed by atoms with E-state index < -0.39 is 23.6 Å². The van der Waals surface area contributed by atoms with Gasteiger partial charge < -0.3 is 10.4 Å². The number of halogens is 3. The van der Waals surface area contributed by atoms with Gasteiger partial charge in [-0.15, -0.1) is 0 Å². The summed E-state index contributed by atoms with van der Waals surface area (Å²) in [6.07, 6.45) is 1.46. The fraction of sp³-hybridized carbons (Fsp3) is 0.455. The van der Waals surface area contributed by atoms with Crippen molar-refractivity contribution in [2.45, 2.75) is 31.4 Å². The van der Waals surface area contributed by atoms with Gasteiger partial charge in [-0.25, -0.2) is 13.2 Å². The minimum Gasteiger partial charge on any atom is -0.391 e. The Balaban J connectivity index is 2.21. The van der Waals surface area contributed by atoms with Crippen molar-refractivity contribution in [3.05, 3.63) is 29.6 Å². The lowest BCUT2D eigenvalue weighted by atomic mass is 10.2. The van der Waals surface area contributed by atoms with Crippen LogP contribution in [0.3, 0.4) is 0 Å². The molecule has 1 saturated carbocycles. The van der Waals surface area contributed by atoms with Crippen LogP contribution < -0.4 is 5.32 Å². The zero-order chi connectivity index (χ0) is 11.7. The molecule has 0 aliphatic heterocycles. The van der Waals surface area contributed by atoms with E-state index in [-0.39, 0.29) is 11.7 Å². The highest BCUT2D eigenvalue weighted by molar-refractivity contribution is 5.47. The molecule has 16 heavy (non-hydrogen) atoms. The van der Waals surface area contributed by atoms with Gasteiger partial charge in [0, 0.05) is 12.1 Å². The van der Waals surface area contributed by atoms with Crippen molar-refractivity contribution in [3.63, 3.8) is 0 Å². The summed E-state index contributed by atoms with van der Waals surface area (Å²) < 4.78 is 39.2. The lowest BCUT2D eigenvalue weighted by molar-refractivity contribution is 0.171. The van der Waals surface area contributed by atoms with Gasteiger partial charge in [0.05, 0.1) is 12.1 Å². The number of hydrogen-bond acceptors (Lipinski definition) is 2. The van der Waals surface area contributed by atoms with Crippen LogP contribution in [0.1, 0.15) is 19.3 Å². The molecule has 0 spiro atoms. The Morgan fingerprint density at radius 2 is 1.75 bits per heavy atom. The summed E-state index contributed by atoms with van der Waals surface area (Å²) in [6, 6.07) is 0.869. The van der Waals surface area contributed by atoms with Crippen LogP contribution in [-0.2, 0) is 0 Å². The van der Waals surface area contributed by atoms with E-state index in [1.54, 1.807) is 0 Å². The summed E-state index contributed by atoms with van der Waals surface area (Å²) in [5.41, 5.74) is -0.368. The molecule has 5 heteroatoms. The van der Waals surface area contributed by atoms with Crippen molar-refractivity contribution >= 4 is 5.69 Å². The second-order valence-corrected chi connectivity index (χ2v) is 3.99. The third-order valence-electron chi connectivity index (χ3n) is 2.82. The molecule has 1 aliphatic rings. The lowest BCUT2D eigenvalue weighted by Gasteiger charge is -2.18. The molecular weight excluding hydrogens is 219 g/mol. The van der Waals surface area contributed by atoms with Crippen molar-refractivity contribution in [1.29, 1.82) is 0 Å². The van der Waals surface area contributed by atoms with Gasteiger partial charge in [-0.05, 0) is 19.3 Å². The SMILES string of the molecule is O[C@@H]1CCC[C@H]1Nc1c(F)cc(F)cc1F. The Labute approximate surface area is 91.1 Å². The fourth-order valence-electron chi connectivity index (χ4n) is 1.97. The average Bonchev–Trinajstić information content (AvgIpc) is 2.57. The molecule has 0 heterocycles. The maximum atomic E-state index is 13.3.